The Morgan fingerprint density at radius 1 is 1.12 bits per heavy atom. The van der Waals surface area contributed by atoms with Crippen LogP contribution < -0.4 is 4.74 Å². The molecule has 0 bridgehead atoms. The molecule has 0 fully saturated rings. The predicted octanol–water partition coefficient (Wildman–Crippen LogP) is 3.39. The van der Waals surface area contributed by atoms with Crippen LogP contribution in [0.25, 0.3) is 11.2 Å². The zero-order valence-electron chi connectivity index (χ0n) is 15.0. The molecule has 0 aliphatic carbocycles. The van der Waals surface area contributed by atoms with Crippen molar-refractivity contribution in [2.75, 3.05) is 6.61 Å². The van der Waals surface area contributed by atoms with Gasteiger partial charge in [0.15, 0.2) is 5.65 Å². The number of rotatable bonds is 5. The number of hydrogen-bond donors (Lipinski definition) is 1. The zero-order chi connectivity index (χ0) is 18.3. The zero-order valence-corrected chi connectivity index (χ0v) is 15.0. The van der Waals surface area contributed by atoms with Crippen LogP contribution in [0, 0.1) is 0 Å². The van der Waals surface area contributed by atoms with E-state index in [2.05, 4.69) is 29.0 Å². The molecule has 4 rings (SSSR count). The maximum Gasteiger partial charge on any atom is 0.235 e. The van der Waals surface area contributed by atoms with E-state index in [1.165, 1.54) is 0 Å². The highest BCUT2D eigenvalue weighted by molar-refractivity contribution is 5.51. The summed E-state index contributed by atoms with van der Waals surface area (Å²) in [6.45, 7) is 6.53. The molecule has 0 aliphatic heterocycles. The highest BCUT2D eigenvalue weighted by Gasteiger charge is 2.18. The third kappa shape index (κ3) is 2.85. The van der Waals surface area contributed by atoms with Crippen LogP contribution in [-0.2, 0) is 0 Å². The van der Waals surface area contributed by atoms with Gasteiger partial charge in [0.05, 0.1) is 12.1 Å². The summed E-state index contributed by atoms with van der Waals surface area (Å²) in [4.78, 5) is 4.28. The Bertz CT molecular complexity index is 1070. The van der Waals surface area contributed by atoms with Crippen LogP contribution in [-0.4, -0.2) is 35.9 Å². The van der Waals surface area contributed by atoms with E-state index in [9.17, 15) is 5.11 Å². The van der Waals surface area contributed by atoms with E-state index in [0.29, 0.717) is 18.2 Å². The van der Waals surface area contributed by atoms with Crippen molar-refractivity contribution in [3.63, 3.8) is 0 Å². The second kappa shape index (κ2) is 6.33. The van der Waals surface area contributed by atoms with E-state index in [4.69, 9.17) is 4.74 Å². The Hall–Kier alpha value is -3.09. The first-order valence-corrected chi connectivity index (χ1v) is 8.67. The van der Waals surface area contributed by atoms with Gasteiger partial charge in [-0.25, -0.2) is 14.0 Å². The van der Waals surface area contributed by atoms with Crippen LogP contribution in [0.5, 0.6) is 11.6 Å². The minimum Gasteiger partial charge on any atom is -0.506 e. The molecular formula is C19H21N5O2. The molecule has 4 heterocycles. The molecule has 4 aromatic rings. The van der Waals surface area contributed by atoms with Gasteiger partial charge in [0.1, 0.15) is 11.4 Å². The molecule has 0 amide bonds. The first-order chi connectivity index (χ1) is 12.5. The molecule has 134 valence electrons. The van der Waals surface area contributed by atoms with Crippen molar-refractivity contribution in [1.29, 1.82) is 0 Å². The summed E-state index contributed by atoms with van der Waals surface area (Å²) in [7, 11) is 0. The number of ether oxygens (including phenoxy) is 1. The highest BCUT2D eigenvalue weighted by Crippen LogP contribution is 2.28. The second-order valence-electron chi connectivity index (χ2n) is 6.79. The summed E-state index contributed by atoms with van der Waals surface area (Å²) in [5, 5.41) is 19.3. The molecule has 0 radical (unpaired) electrons. The summed E-state index contributed by atoms with van der Waals surface area (Å²) in [6, 6.07) is 7.51. The molecule has 7 nitrogen and oxygen atoms in total. The Morgan fingerprint density at radius 3 is 2.77 bits per heavy atom. The summed E-state index contributed by atoms with van der Waals surface area (Å²) in [6.07, 6.45) is 5.37. The van der Waals surface area contributed by atoms with Gasteiger partial charge in [-0.05, 0) is 24.1 Å². The fraction of sp³-hybridized carbons (Fsp3) is 0.316. The summed E-state index contributed by atoms with van der Waals surface area (Å²) >= 11 is 0. The van der Waals surface area contributed by atoms with Crippen LogP contribution in [0.15, 0.2) is 42.9 Å². The van der Waals surface area contributed by atoms with Gasteiger partial charge in [-0.1, -0.05) is 20.8 Å². The molecule has 26 heavy (non-hydrogen) atoms. The Morgan fingerprint density at radius 2 is 1.96 bits per heavy atom. The number of imidazole rings is 1. The molecule has 0 aliphatic rings. The molecule has 1 atom stereocenters. The highest BCUT2D eigenvalue weighted by atomic mass is 16.5. The van der Waals surface area contributed by atoms with Crippen molar-refractivity contribution in [2.45, 2.75) is 32.6 Å². The third-order valence-corrected chi connectivity index (χ3v) is 4.46. The summed E-state index contributed by atoms with van der Waals surface area (Å²) < 4.78 is 9.47. The van der Waals surface area contributed by atoms with Crippen molar-refractivity contribution >= 4 is 11.2 Å². The van der Waals surface area contributed by atoms with Crippen LogP contribution in [0.1, 0.15) is 43.9 Å². The van der Waals surface area contributed by atoms with E-state index in [1.54, 1.807) is 27.5 Å². The minimum atomic E-state index is -0.0953. The van der Waals surface area contributed by atoms with Gasteiger partial charge in [0, 0.05) is 36.1 Å². The lowest BCUT2D eigenvalue weighted by Gasteiger charge is -2.17. The second-order valence-corrected chi connectivity index (χ2v) is 6.79. The average molecular weight is 351 g/mol. The molecule has 0 saturated carbocycles. The fourth-order valence-corrected chi connectivity index (χ4v) is 2.98. The quantitative estimate of drug-likeness (QED) is 0.596. The molecule has 1 N–H and O–H groups in total. The molecule has 1 unspecified atom stereocenters. The first kappa shape index (κ1) is 16.4. The van der Waals surface area contributed by atoms with Gasteiger partial charge in [-0.15, -0.1) is 5.10 Å². The lowest BCUT2D eigenvalue weighted by molar-refractivity contribution is 0.271. The lowest BCUT2D eigenvalue weighted by Crippen LogP contribution is -2.13. The number of fused-ring (bicyclic) bond motifs is 2. The minimum absolute atomic E-state index is 0.0953. The van der Waals surface area contributed by atoms with Crippen molar-refractivity contribution in [3.05, 3.63) is 54.1 Å². The number of hydrogen-bond acceptors (Lipinski definition) is 5. The van der Waals surface area contributed by atoms with Crippen molar-refractivity contribution in [3.8, 4) is 11.6 Å². The fourth-order valence-electron chi connectivity index (χ4n) is 2.98. The average Bonchev–Trinajstić information content (AvgIpc) is 3.25. The molecule has 0 spiro atoms. The van der Waals surface area contributed by atoms with Crippen LogP contribution in [0.3, 0.4) is 0 Å². The Labute approximate surface area is 150 Å². The van der Waals surface area contributed by atoms with Crippen molar-refractivity contribution < 1.29 is 9.84 Å². The van der Waals surface area contributed by atoms with E-state index < -0.39 is 0 Å². The maximum absolute atomic E-state index is 10.3. The lowest BCUT2D eigenvalue weighted by atomic mass is 10.1. The van der Waals surface area contributed by atoms with Crippen LogP contribution in [0.2, 0.25) is 0 Å². The van der Waals surface area contributed by atoms with Gasteiger partial charge in [0.2, 0.25) is 5.88 Å². The van der Waals surface area contributed by atoms with Gasteiger partial charge in [0.25, 0.3) is 0 Å². The number of aromatic hydroxyl groups is 1. The molecule has 0 saturated heterocycles. The van der Waals surface area contributed by atoms with Gasteiger partial charge in [-0.3, -0.25) is 0 Å². The molecule has 7 heteroatoms. The predicted molar refractivity (Wildman–Crippen MR) is 97.8 cm³/mol. The van der Waals surface area contributed by atoms with E-state index in [1.807, 2.05) is 31.3 Å². The maximum atomic E-state index is 10.3. The van der Waals surface area contributed by atoms with E-state index in [-0.39, 0.29) is 17.6 Å². The molecular weight excluding hydrogens is 330 g/mol. The normalized spacial score (nSPS) is 12.9. The molecule has 4 aromatic heterocycles. The summed E-state index contributed by atoms with van der Waals surface area (Å²) in [5.41, 5.74) is 3.26. The third-order valence-electron chi connectivity index (χ3n) is 4.46. The largest absolute Gasteiger partial charge is 0.506 e. The van der Waals surface area contributed by atoms with E-state index in [0.717, 1.165) is 16.7 Å². The van der Waals surface area contributed by atoms with Gasteiger partial charge < -0.3 is 9.84 Å². The van der Waals surface area contributed by atoms with Crippen molar-refractivity contribution in [2.24, 2.45) is 0 Å². The monoisotopic (exact) mass is 351 g/mol. The van der Waals surface area contributed by atoms with Crippen LogP contribution in [0.4, 0.5) is 0 Å². The first-order valence-electron chi connectivity index (χ1n) is 8.67. The Kier molecular flexibility index (Phi) is 3.99. The summed E-state index contributed by atoms with van der Waals surface area (Å²) in [5.74, 6) is 0.924. The number of aromatic nitrogens is 5. The van der Waals surface area contributed by atoms with Gasteiger partial charge in [-0.2, -0.15) is 5.10 Å². The van der Waals surface area contributed by atoms with Crippen molar-refractivity contribution in [1.82, 2.24) is 24.2 Å². The number of nitrogens with zero attached hydrogens (tertiary/aromatic N) is 5. The van der Waals surface area contributed by atoms with E-state index >= 15 is 0 Å². The Balaban J connectivity index is 1.60. The molecule has 0 aromatic carbocycles. The van der Waals surface area contributed by atoms with Crippen LogP contribution >= 0.6 is 0 Å². The SMILES string of the molecule is CC(C)c1cc2nccn2nc1OCC(C)c1nn2cccc2cc1O. The standard InChI is InChI=1S/C19H21N5O2/c1-12(2)15-10-17-20-6-8-24(17)22-19(15)26-11-13(3)18-16(25)9-14-5-4-7-23(14)21-18/h4-10,12-13,25H,11H2,1-3H3. The van der Waals surface area contributed by atoms with Gasteiger partial charge >= 0.3 is 0 Å². The topological polar surface area (TPSA) is 77.0 Å². The smallest absolute Gasteiger partial charge is 0.235 e.